The number of hydrogen-bond acceptors (Lipinski definition) is 2. The van der Waals surface area contributed by atoms with Gasteiger partial charge in [-0.1, -0.05) is 18.2 Å². The van der Waals surface area contributed by atoms with Gasteiger partial charge in [-0.05, 0) is 47.1 Å². The summed E-state index contributed by atoms with van der Waals surface area (Å²) in [6.45, 7) is 2.12. The Morgan fingerprint density at radius 3 is 2.68 bits per heavy atom. The number of aryl methyl sites for hydroxylation is 2. The number of nitrogens with zero attached hydrogens (tertiary/aromatic N) is 3. The molecule has 0 aliphatic carbocycles. The molecule has 0 spiro atoms. The van der Waals surface area contributed by atoms with Crippen LogP contribution in [0.3, 0.4) is 0 Å². The van der Waals surface area contributed by atoms with E-state index >= 15 is 0 Å². The monoisotopic (exact) mass is 286 g/mol. The average molecular weight is 286 g/mol. The largest absolute Gasteiger partial charge is 0.331 e. The van der Waals surface area contributed by atoms with Crippen LogP contribution in [0.4, 0.5) is 0 Å². The van der Waals surface area contributed by atoms with Crippen molar-refractivity contribution < 1.29 is 4.57 Å². The van der Waals surface area contributed by atoms with Crippen molar-refractivity contribution >= 4 is 21.7 Å². The van der Waals surface area contributed by atoms with Crippen LogP contribution in [-0.2, 0) is 7.05 Å². The molecule has 0 N–H and O–H groups in total. The Labute approximate surface area is 128 Å². The molecule has 3 nitrogen and oxygen atoms in total. The van der Waals surface area contributed by atoms with Gasteiger partial charge in [0.15, 0.2) is 5.52 Å². The summed E-state index contributed by atoms with van der Waals surface area (Å²) in [6.07, 6.45) is 5.85. The second-order valence-corrected chi connectivity index (χ2v) is 5.62. The molecule has 2 aromatic heterocycles. The van der Waals surface area contributed by atoms with E-state index in [1.54, 1.807) is 0 Å². The maximum absolute atomic E-state index is 4.89. The zero-order valence-electron chi connectivity index (χ0n) is 12.6. The molecule has 0 amide bonds. The van der Waals surface area contributed by atoms with Gasteiger partial charge in [0.1, 0.15) is 6.20 Å². The van der Waals surface area contributed by atoms with Crippen molar-refractivity contribution in [3.8, 4) is 11.4 Å². The zero-order valence-corrected chi connectivity index (χ0v) is 12.6. The Kier molecular flexibility index (Phi) is 2.86. The van der Waals surface area contributed by atoms with Gasteiger partial charge in [0.25, 0.3) is 0 Å². The Morgan fingerprint density at radius 1 is 0.955 bits per heavy atom. The van der Waals surface area contributed by atoms with Crippen LogP contribution in [0, 0.1) is 6.92 Å². The lowest BCUT2D eigenvalue weighted by atomic mass is 10.1. The van der Waals surface area contributed by atoms with E-state index in [0.29, 0.717) is 0 Å². The van der Waals surface area contributed by atoms with E-state index < -0.39 is 0 Å². The first-order valence-corrected chi connectivity index (χ1v) is 7.32. The molecule has 0 bridgehead atoms. The molecular formula is C19H16N3+. The van der Waals surface area contributed by atoms with Gasteiger partial charge in [-0.15, -0.1) is 0 Å². The number of aromatic nitrogens is 3. The molecular weight excluding hydrogens is 270 g/mol. The van der Waals surface area contributed by atoms with Crippen molar-refractivity contribution in [2.24, 2.45) is 7.05 Å². The van der Waals surface area contributed by atoms with Crippen LogP contribution in [-0.4, -0.2) is 9.97 Å². The van der Waals surface area contributed by atoms with E-state index in [-0.39, 0.29) is 0 Å². The minimum absolute atomic E-state index is 0.980. The molecule has 4 rings (SSSR count). The van der Waals surface area contributed by atoms with Crippen molar-refractivity contribution in [3.63, 3.8) is 0 Å². The van der Waals surface area contributed by atoms with Crippen LogP contribution in [0.15, 0.2) is 61.1 Å². The van der Waals surface area contributed by atoms with Gasteiger partial charge in [-0.3, -0.25) is 4.98 Å². The minimum Gasteiger partial charge on any atom is -0.264 e. The summed E-state index contributed by atoms with van der Waals surface area (Å²) in [5, 5.41) is 3.44. The van der Waals surface area contributed by atoms with Crippen LogP contribution in [0.25, 0.3) is 33.1 Å². The summed E-state index contributed by atoms with van der Waals surface area (Å²) in [5.41, 5.74) is 3.39. The fourth-order valence-corrected chi connectivity index (χ4v) is 2.88. The number of rotatable bonds is 1. The quantitative estimate of drug-likeness (QED) is 0.395. The van der Waals surface area contributed by atoms with Gasteiger partial charge in [0.05, 0.1) is 18.0 Å². The lowest BCUT2D eigenvalue weighted by Crippen LogP contribution is -2.32. The molecule has 2 aromatic carbocycles. The third kappa shape index (κ3) is 2.02. The first-order chi connectivity index (χ1) is 10.7. The van der Waals surface area contributed by atoms with Crippen LogP contribution >= 0.6 is 0 Å². The van der Waals surface area contributed by atoms with Gasteiger partial charge in [0, 0.05) is 17.8 Å². The lowest BCUT2D eigenvalue weighted by Gasteiger charge is -2.04. The highest BCUT2D eigenvalue weighted by molar-refractivity contribution is 5.95. The van der Waals surface area contributed by atoms with Gasteiger partial charge in [0.2, 0.25) is 0 Å². The van der Waals surface area contributed by atoms with Crippen LogP contribution in [0.2, 0.25) is 0 Å². The van der Waals surface area contributed by atoms with E-state index in [0.717, 1.165) is 27.7 Å². The standard InChI is InChI=1S/C19H16N3/c1-13-5-3-4-6-17(13)19-21-18-10-15-11-20-8-7-14(15)9-16(18)12-22(19)2/h3-12H,1-2H3/q+1. The fourth-order valence-electron chi connectivity index (χ4n) is 2.88. The molecule has 3 heteroatoms. The van der Waals surface area contributed by atoms with E-state index in [9.17, 15) is 0 Å². The number of fused-ring (bicyclic) bond motifs is 2. The Morgan fingerprint density at radius 2 is 1.82 bits per heavy atom. The Balaban J connectivity index is 2.03. The van der Waals surface area contributed by atoms with Gasteiger partial charge in [-0.25, -0.2) is 4.57 Å². The summed E-state index contributed by atoms with van der Waals surface area (Å²) in [7, 11) is 2.05. The third-order valence-corrected chi connectivity index (χ3v) is 4.07. The molecule has 0 saturated carbocycles. The maximum atomic E-state index is 4.89. The fraction of sp³-hybridized carbons (Fsp3) is 0.105. The number of benzene rings is 2. The maximum Gasteiger partial charge on any atom is 0.331 e. The van der Waals surface area contributed by atoms with Crippen molar-refractivity contribution in [2.75, 3.05) is 0 Å². The smallest absolute Gasteiger partial charge is 0.264 e. The molecule has 0 fully saturated rings. The molecule has 0 aliphatic heterocycles. The number of pyridine rings is 1. The molecule has 0 unspecified atom stereocenters. The second kappa shape index (κ2) is 4.88. The summed E-state index contributed by atoms with van der Waals surface area (Å²) >= 11 is 0. The summed E-state index contributed by atoms with van der Waals surface area (Å²) in [4.78, 5) is 9.09. The highest BCUT2D eigenvalue weighted by Crippen LogP contribution is 2.23. The van der Waals surface area contributed by atoms with E-state index in [1.165, 1.54) is 10.9 Å². The van der Waals surface area contributed by atoms with E-state index in [2.05, 4.69) is 59.1 Å². The molecule has 22 heavy (non-hydrogen) atoms. The summed E-state index contributed by atoms with van der Waals surface area (Å²) in [5.74, 6) is 0.980. The van der Waals surface area contributed by atoms with Gasteiger partial charge >= 0.3 is 5.82 Å². The van der Waals surface area contributed by atoms with E-state index in [1.807, 2.05) is 25.5 Å². The van der Waals surface area contributed by atoms with Crippen LogP contribution in [0.1, 0.15) is 5.56 Å². The van der Waals surface area contributed by atoms with E-state index in [4.69, 9.17) is 4.98 Å². The lowest BCUT2D eigenvalue weighted by molar-refractivity contribution is -0.661. The molecule has 4 aromatic rings. The summed E-state index contributed by atoms with van der Waals surface area (Å²) < 4.78 is 2.09. The molecule has 2 heterocycles. The Hall–Kier alpha value is -2.81. The van der Waals surface area contributed by atoms with Crippen molar-refractivity contribution in [3.05, 3.63) is 66.6 Å². The zero-order chi connectivity index (χ0) is 15.1. The summed E-state index contributed by atoms with van der Waals surface area (Å²) in [6, 6.07) is 14.7. The van der Waals surface area contributed by atoms with Crippen molar-refractivity contribution in [2.45, 2.75) is 6.92 Å². The molecule has 0 aliphatic rings. The number of hydrogen-bond donors (Lipinski definition) is 0. The molecule has 106 valence electrons. The first-order valence-electron chi connectivity index (χ1n) is 7.32. The Bertz CT molecular complexity index is 1010. The molecule has 0 saturated heterocycles. The topological polar surface area (TPSA) is 29.7 Å². The molecule has 0 atom stereocenters. The second-order valence-electron chi connectivity index (χ2n) is 5.62. The van der Waals surface area contributed by atoms with Crippen molar-refractivity contribution in [1.82, 2.24) is 9.97 Å². The minimum atomic E-state index is 0.980. The predicted octanol–water partition coefficient (Wildman–Crippen LogP) is 3.58. The highest BCUT2D eigenvalue weighted by atomic mass is 15.0. The first kappa shape index (κ1) is 12.9. The predicted molar refractivity (Wildman–Crippen MR) is 88.4 cm³/mol. The van der Waals surface area contributed by atoms with Gasteiger partial charge in [-0.2, -0.15) is 0 Å². The van der Waals surface area contributed by atoms with Crippen molar-refractivity contribution in [1.29, 1.82) is 0 Å². The van der Waals surface area contributed by atoms with Crippen LogP contribution in [0.5, 0.6) is 0 Å². The SMILES string of the molecule is Cc1ccccc1-c1nc2cc3cnccc3cc2c[n+]1C. The van der Waals surface area contributed by atoms with Gasteiger partial charge < -0.3 is 0 Å². The molecule has 0 radical (unpaired) electrons. The third-order valence-electron chi connectivity index (χ3n) is 4.07. The average Bonchev–Trinajstić information content (AvgIpc) is 2.53. The highest BCUT2D eigenvalue weighted by Gasteiger charge is 2.17. The van der Waals surface area contributed by atoms with Crippen LogP contribution < -0.4 is 4.57 Å². The normalized spacial score (nSPS) is 11.2.